The molecule has 1 aromatic carbocycles. The lowest BCUT2D eigenvalue weighted by Crippen LogP contribution is -2.10. The molecular formula is C18H14ClN3O3. The number of hydrogen-bond acceptors (Lipinski definition) is 5. The van der Waals surface area contributed by atoms with Crippen molar-refractivity contribution in [2.24, 2.45) is 7.05 Å². The molecule has 0 bridgehead atoms. The molecule has 25 heavy (non-hydrogen) atoms. The zero-order valence-electron chi connectivity index (χ0n) is 13.9. The number of Topliss-reactive ketones (excluding diaryl/α,β-unsaturated/α-hetero) is 1. The van der Waals surface area contributed by atoms with Crippen molar-refractivity contribution in [3.63, 3.8) is 0 Å². The highest BCUT2D eigenvalue weighted by atomic mass is 35.5. The maximum atomic E-state index is 12.7. The second-order valence-electron chi connectivity index (χ2n) is 6.12. The van der Waals surface area contributed by atoms with Crippen molar-refractivity contribution in [2.75, 3.05) is 0 Å². The van der Waals surface area contributed by atoms with Gasteiger partial charge < -0.3 is 4.42 Å². The van der Waals surface area contributed by atoms with Gasteiger partial charge in [0.05, 0.1) is 22.2 Å². The first-order valence-corrected chi connectivity index (χ1v) is 8.12. The van der Waals surface area contributed by atoms with Gasteiger partial charge in [-0.2, -0.15) is 5.10 Å². The fraction of sp³-hybridized carbons (Fsp3) is 0.222. The molecule has 0 unspecified atom stereocenters. The van der Waals surface area contributed by atoms with Crippen molar-refractivity contribution in [3.8, 4) is 0 Å². The molecule has 0 atom stereocenters. The van der Waals surface area contributed by atoms with E-state index >= 15 is 0 Å². The van der Waals surface area contributed by atoms with Gasteiger partial charge in [0, 0.05) is 29.3 Å². The average Bonchev–Trinajstić information content (AvgIpc) is 2.81. The quantitative estimate of drug-likeness (QED) is 0.407. The van der Waals surface area contributed by atoms with Crippen molar-refractivity contribution >= 4 is 50.2 Å². The van der Waals surface area contributed by atoms with Crippen LogP contribution < -0.4 is 5.63 Å². The number of aryl methyl sites for hydroxylation is 2. The number of nitrogens with zero attached hydrogens (tertiary/aromatic N) is 3. The minimum atomic E-state index is -0.515. The van der Waals surface area contributed by atoms with E-state index in [9.17, 15) is 9.59 Å². The van der Waals surface area contributed by atoms with E-state index in [0.29, 0.717) is 38.1 Å². The van der Waals surface area contributed by atoms with Crippen LogP contribution in [-0.2, 0) is 18.3 Å². The van der Waals surface area contributed by atoms with Gasteiger partial charge in [0.15, 0.2) is 5.65 Å². The third kappa shape index (κ3) is 2.33. The van der Waals surface area contributed by atoms with E-state index in [1.165, 1.54) is 6.92 Å². The number of rotatable bonds is 2. The van der Waals surface area contributed by atoms with Gasteiger partial charge >= 0.3 is 5.63 Å². The Morgan fingerprint density at radius 1 is 1.28 bits per heavy atom. The Kier molecular flexibility index (Phi) is 3.40. The van der Waals surface area contributed by atoms with Gasteiger partial charge in [0.2, 0.25) is 0 Å². The summed E-state index contributed by atoms with van der Waals surface area (Å²) in [5.41, 5.74) is 1.68. The molecule has 0 aliphatic heterocycles. The second-order valence-corrected chi connectivity index (χ2v) is 6.56. The second kappa shape index (κ2) is 5.39. The number of halogens is 1. The van der Waals surface area contributed by atoms with E-state index in [4.69, 9.17) is 16.0 Å². The normalized spacial score (nSPS) is 11.7. The predicted octanol–water partition coefficient (Wildman–Crippen LogP) is 3.32. The molecule has 0 saturated heterocycles. The van der Waals surface area contributed by atoms with E-state index in [0.717, 1.165) is 11.1 Å². The molecule has 0 spiro atoms. The first-order valence-electron chi connectivity index (χ1n) is 7.74. The van der Waals surface area contributed by atoms with Crippen molar-refractivity contribution in [1.29, 1.82) is 0 Å². The minimum absolute atomic E-state index is 0.0491. The Morgan fingerprint density at radius 2 is 2.04 bits per heavy atom. The minimum Gasteiger partial charge on any atom is -0.422 e. The Hall–Kier alpha value is -2.73. The highest BCUT2D eigenvalue weighted by Gasteiger charge is 2.21. The summed E-state index contributed by atoms with van der Waals surface area (Å²) >= 11 is 6.17. The van der Waals surface area contributed by atoms with Gasteiger partial charge in [0.25, 0.3) is 0 Å². The zero-order valence-corrected chi connectivity index (χ0v) is 14.6. The van der Waals surface area contributed by atoms with Crippen LogP contribution in [0.1, 0.15) is 18.3 Å². The highest BCUT2D eigenvalue weighted by molar-refractivity contribution is 6.32. The van der Waals surface area contributed by atoms with Crippen molar-refractivity contribution in [3.05, 3.63) is 45.0 Å². The molecule has 3 aromatic heterocycles. The predicted molar refractivity (Wildman–Crippen MR) is 96.2 cm³/mol. The van der Waals surface area contributed by atoms with Crippen LogP contribution in [0.4, 0.5) is 0 Å². The molecule has 4 aromatic rings. The molecule has 4 rings (SSSR count). The average molecular weight is 356 g/mol. The first kappa shape index (κ1) is 15.8. The summed E-state index contributed by atoms with van der Waals surface area (Å²) in [6, 6.07) is 5.09. The van der Waals surface area contributed by atoms with Crippen LogP contribution in [0.3, 0.4) is 0 Å². The van der Waals surface area contributed by atoms with Gasteiger partial charge in [-0.05, 0) is 32.0 Å². The van der Waals surface area contributed by atoms with E-state index in [1.807, 2.05) is 6.92 Å². The number of ketones is 1. The van der Waals surface area contributed by atoms with Crippen LogP contribution in [0.15, 0.2) is 27.4 Å². The van der Waals surface area contributed by atoms with Crippen LogP contribution in [0, 0.1) is 6.92 Å². The van der Waals surface area contributed by atoms with Gasteiger partial charge in [-0.3, -0.25) is 9.48 Å². The lowest BCUT2D eigenvalue weighted by Gasteiger charge is -2.09. The maximum absolute atomic E-state index is 12.7. The summed E-state index contributed by atoms with van der Waals surface area (Å²) in [5, 5.41) is 7.42. The highest BCUT2D eigenvalue weighted by Crippen LogP contribution is 2.34. The monoisotopic (exact) mass is 355 g/mol. The fourth-order valence-corrected chi connectivity index (χ4v) is 3.48. The smallest absolute Gasteiger partial charge is 0.346 e. The molecule has 0 aliphatic carbocycles. The Balaban J connectivity index is 2.38. The number of aromatic nitrogens is 3. The topological polar surface area (TPSA) is 78.0 Å². The number of pyridine rings is 1. The van der Waals surface area contributed by atoms with Gasteiger partial charge in [-0.15, -0.1) is 0 Å². The number of benzene rings is 1. The zero-order chi connectivity index (χ0) is 17.9. The van der Waals surface area contributed by atoms with E-state index in [1.54, 1.807) is 29.9 Å². The summed E-state index contributed by atoms with van der Waals surface area (Å²) in [6.45, 7) is 3.32. The maximum Gasteiger partial charge on any atom is 0.346 e. The van der Waals surface area contributed by atoms with Gasteiger partial charge in [0.1, 0.15) is 11.4 Å². The fourth-order valence-electron chi connectivity index (χ4n) is 3.31. The lowest BCUT2D eigenvalue weighted by molar-refractivity contribution is -0.116. The molecule has 0 N–H and O–H groups in total. The third-order valence-corrected chi connectivity index (χ3v) is 4.49. The van der Waals surface area contributed by atoms with Crippen molar-refractivity contribution < 1.29 is 9.21 Å². The molecule has 7 heteroatoms. The number of carbonyl (C=O) groups is 1. The molecule has 3 heterocycles. The Morgan fingerprint density at radius 3 is 2.76 bits per heavy atom. The summed E-state index contributed by atoms with van der Waals surface area (Å²) in [5.74, 6) is -0.0855. The third-order valence-electron chi connectivity index (χ3n) is 4.26. The van der Waals surface area contributed by atoms with E-state index in [-0.39, 0.29) is 12.2 Å². The Labute approximate surface area is 147 Å². The molecule has 0 saturated carbocycles. The molecule has 0 amide bonds. The van der Waals surface area contributed by atoms with Crippen molar-refractivity contribution in [1.82, 2.24) is 14.8 Å². The van der Waals surface area contributed by atoms with Gasteiger partial charge in [-0.1, -0.05) is 11.6 Å². The molecule has 126 valence electrons. The van der Waals surface area contributed by atoms with E-state index < -0.39 is 5.63 Å². The SMILES string of the molecule is CC(=O)Cc1nc2c(c(C)nn2C)c2c1c(=O)oc1ccc(Cl)cc12. The summed E-state index contributed by atoms with van der Waals surface area (Å²) in [4.78, 5) is 28.9. The number of carbonyl (C=O) groups excluding carboxylic acids is 1. The number of hydrogen-bond donors (Lipinski definition) is 0. The molecule has 0 fully saturated rings. The van der Waals surface area contributed by atoms with Crippen LogP contribution in [-0.4, -0.2) is 20.5 Å². The van der Waals surface area contributed by atoms with Crippen LogP contribution >= 0.6 is 11.6 Å². The lowest BCUT2D eigenvalue weighted by atomic mass is 10.0. The van der Waals surface area contributed by atoms with Gasteiger partial charge in [-0.25, -0.2) is 9.78 Å². The molecule has 6 nitrogen and oxygen atoms in total. The molecule has 0 radical (unpaired) electrons. The number of fused-ring (bicyclic) bond motifs is 5. The largest absolute Gasteiger partial charge is 0.422 e. The standard InChI is InChI=1S/C18H14ClN3O3/c1-8(23)6-12-16-15(14-9(2)21-22(3)17(14)20-12)11-7-10(19)4-5-13(11)25-18(16)24/h4-5,7H,6H2,1-3H3. The van der Waals surface area contributed by atoms with Crippen LogP contribution in [0.25, 0.3) is 32.8 Å². The molecule has 0 aliphatic rings. The molecular weight excluding hydrogens is 342 g/mol. The summed E-state index contributed by atoms with van der Waals surface area (Å²) in [6.07, 6.45) is 0.0491. The summed E-state index contributed by atoms with van der Waals surface area (Å²) < 4.78 is 7.11. The van der Waals surface area contributed by atoms with Crippen molar-refractivity contribution in [2.45, 2.75) is 20.3 Å². The Bertz CT molecular complexity index is 1250. The first-order chi connectivity index (χ1) is 11.9. The van der Waals surface area contributed by atoms with Crippen LogP contribution in [0.2, 0.25) is 5.02 Å². The van der Waals surface area contributed by atoms with E-state index in [2.05, 4.69) is 10.1 Å². The van der Waals surface area contributed by atoms with Crippen LogP contribution in [0.5, 0.6) is 0 Å². The summed E-state index contributed by atoms with van der Waals surface area (Å²) in [7, 11) is 1.78.